The molecule has 1 amide bonds. The van der Waals surface area contributed by atoms with Gasteiger partial charge in [-0.25, -0.2) is 15.0 Å². The van der Waals surface area contributed by atoms with Crippen molar-refractivity contribution in [2.24, 2.45) is 5.92 Å². The summed E-state index contributed by atoms with van der Waals surface area (Å²) in [6.07, 6.45) is 1.03. The first-order valence-corrected chi connectivity index (χ1v) is 11.6. The maximum atomic E-state index is 12.7. The molecule has 4 rings (SSSR count). The Morgan fingerprint density at radius 1 is 1.15 bits per heavy atom. The lowest BCUT2D eigenvalue weighted by Gasteiger charge is -2.23. The van der Waals surface area contributed by atoms with Gasteiger partial charge in [0, 0.05) is 23.1 Å². The smallest absolute Gasteiger partial charge is 0.386 e. The second-order valence-electron chi connectivity index (χ2n) is 8.96. The summed E-state index contributed by atoms with van der Waals surface area (Å²) >= 11 is 1.49. The van der Waals surface area contributed by atoms with Crippen LogP contribution in [-0.2, 0) is 16.6 Å². The summed E-state index contributed by atoms with van der Waals surface area (Å²) in [7, 11) is 0. The molecular formula is C23H23F3N4O3S. The minimum Gasteiger partial charge on any atom is -0.386 e. The Kier molecular flexibility index (Phi) is 6.43. The number of alkyl halides is 3. The summed E-state index contributed by atoms with van der Waals surface area (Å²) in [4.78, 5) is 35.3. The maximum Gasteiger partial charge on any atom is 0.434 e. The number of rotatable bonds is 5. The average Bonchev–Trinajstić information content (AvgIpc) is 3.20. The van der Waals surface area contributed by atoms with Crippen LogP contribution >= 0.6 is 11.3 Å². The lowest BCUT2D eigenvalue weighted by molar-refractivity contribution is -0.141. The Morgan fingerprint density at radius 3 is 2.41 bits per heavy atom. The first-order valence-electron chi connectivity index (χ1n) is 10.8. The first-order chi connectivity index (χ1) is 16.0. The molecule has 1 aliphatic carbocycles. The summed E-state index contributed by atoms with van der Waals surface area (Å²) in [6.45, 7) is 3.13. The fourth-order valence-corrected chi connectivity index (χ4v) is 5.21. The molecule has 0 spiro atoms. The molecular weight excluding hydrogens is 469 g/mol. The molecule has 7 nitrogen and oxygen atoms in total. The van der Waals surface area contributed by atoms with E-state index in [1.807, 2.05) is 0 Å². The van der Waals surface area contributed by atoms with Crippen molar-refractivity contribution < 1.29 is 27.9 Å². The van der Waals surface area contributed by atoms with Crippen LogP contribution in [0.25, 0.3) is 10.2 Å². The first kappa shape index (κ1) is 24.2. The Bertz CT molecular complexity index is 1210. The fourth-order valence-electron chi connectivity index (χ4n) is 4.06. The van der Waals surface area contributed by atoms with Crippen LogP contribution in [0, 0.1) is 5.92 Å². The maximum absolute atomic E-state index is 12.7. The Balaban J connectivity index is 1.63. The Morgan fingerprint density at radius 2 is 1.85 bits per heavy atom. The van der Waals surface area contributed by atoms with E-state index in [1.54, 1.807) is 26.0 Å². The highest BCUT2D eigenvalue weighted by Gasteiger charge is 2.33. The standard InChI is InChI=1S/C23H23F3N4O3S/c1-22(2,33)14-7-16-18(34-21(30-16)13-5-3-12(11-31)4-6-13)8-15(14)29-20(32)17-9-28-19(10-27-17)23(24,25)26/h7-13,33H,3-6H2,1-2H3,(H,29,32)/t12-,13-. The van der Waals surface area contributed by atoms with E-state index >= 15 is 0 Å². The number of amides is 1. The van der Waals surface area contributed by atoms with Crippen molar-refractivity contribution in [1.29, 1.82) is 0 Å². The summed E-state index contributed by atoms with van der Waals surface area (Å²) in [5, 5.41) is 14.3. The molecule has 3 aromatic rings. The van der Waals surface area contributed by atoms with E-state index in [2.05, 4.69) is 15.3 Å². The third-order valence-corrected chi connectivity index (χ3v) is 7.12. The number of carbonyl (C=O) groups excluding carboxylic acids is 2. The number of halogens is 3. The number of aliphatic hydroxyl groups is 1. The zero-order chi connectivity index (χ0) is 24.7. The second-order valence-corrected chi connectivity index (χ2v) is 10.0. The van der Waals surface area contributed by atoms with Crippen molar-refractivity contribution in [3.63, 3.8) is 0 Å². The minimum absolute atomic E-state index is 0.0996. The van der Waals surface area contributed by atoms with E-state index in [0.29, 0.717) is 23.0 Å². The summed E-state index contributed by atoms with van der Waals surface area (Å²) < 4.78 is 39.0. The molecule has 0 bridgehead atoms. The molecule has 0 saturated heterocycles. The number of aldehydes is 1. The van der Waals surface area contributed by atoms with E-state index in [4.69, 9.17) is 4.98 Å². The molecule has 1 fully saturated rings. The number of nitrogens with one attached hydrogen (secondary N) is 1. The van der Waals surface area contributed by atoms with Crippen LogP contribution in [0.15, 0.2) is 24.5 Å². The van der Waals surface area contributed by atoms with E-state index in [0.717, 1.165) is 47.9 Å². The van der Waals surface area contributed by atoms with Gasteiger partial charge in [0.25, 0.3) is 5.91 Å². The van der Waals surface area contributed by atoms with Crippen molar-refractivity contribution in [3.05, 3.63) is 46.5 Å². The molecule has 1 aliphatic rings. The number of benzene rings is 1. The number of aromatic nitrogens is 3. The van der Waals surface area contributed by atoms with Crippen molar-refractivity contribution in [3.8, 4) is 0 Å². The molecule has 34 heavy (non-hydrogen) atoms. The molecule has 2 aromatic heterocycles. The average molecular weight is 493 g/mol. The highest BCUT2D eigenvalue weighted by atomic mass is 32.1. The van der Waals surface area contributed by atoms with Gasteiger partial charge < -0.3 is 15.2 Å². The van der Waals surface area contributed by atoms with Gasteiger partial charge in [0.15, 0.2) is 5.69 Å². The number of carbonyl (C=O) groups is 2. The van der Waals surface area contributed by atoms with Gasteiger partial charge in [-0.1, -0.05) is 0 Å². The van der Waals surface area contributed by atoms with Gasteiger partial charge >= 0.3 is 6.18 Å². The molecule has 1 aromatic carbocycles. The van der Waals surface area contributed by atoms with Crippen molar-refractivity contribution in [2.45, 2.75) is 57.2 Å². The Labute approximate surface area is 197 Å². The summed E-state index contributed by atoms with van der Waals surface area (Å²) in [6, 6.07) is 3.41. The number of anilines is 1. The lowest BCUT2D eigenvalue weighted by atomic mass is 9.83. The van der Waals surface area contributed by atoms with Gasteiger partial charge in [-0.3, -0.25) is 4.79 Å². The van der Waals surface area contributed by atoms with Crippen LogP contribution in [-0.4, -0.2) is 32.3 Å². The minimum atomic E-state index is -4.66. The van der Waals surface area contributed by atoms with Gasteiger partial charge in [0.2, 0.25) is 0 Å². The molecule has 0 radical (unpaired) electrons. The van der Waals surface area contributed by atoms with Crippen LogP contribution in [0.4, 0.5) is 18.9 Å². The molecule has 0 atom stereocenters. The topological polar surface area (TPSA) is 105 Å². The van der Waals surface area contributed by atoms with Gasteiger partial charge in [0.05, 0.1) is 33.2 Å². The molecule has 0 aliphatic heterocycles. The largest absolute Gasteiger partial charge is 0.434 e. The second kappa shape index (κ2) is 9.03. The van der Waals surface area contributed by atoms with Crippen LogP contribution in [0.3, 0.4) is 0 Å². The van der Waals surface area contributed by atoms with Crippen LogP contribution in [0.1, 0.15) is 72.2 Å². The van der Waals surface area contributed by atoms with Crippen molar-refractivity contribution in [2.75, 3.05) is 5.32 Å². The summed E-state index contributed by atoms with van der Waals surface area (Å²) in [5.41, 5.74) is -1.40. The normalized spacial score (nSPS) is 19.2. The molecule has 2 heterocycles. The highest BCUT2D eigenvalue weighted by molar-refractivity contribution is 7.18. The van der Waals surface area contributed by atoms with E-state index < -0.39 is 23.4 Å². The zero-order valence-corrected chi connectivity index (χ0v) is 19.3. The number of nitrogens with zero attached hydrogens (tertiary/aromatic N) is 3. The van der Waals surface area contributed by atoms with Gasteiger partial charge in [0.1, 0.15) is 12.0 Å². The van der Waals surface area contributed by atoms with Crippen molar-refractivity contribution >= 4 is 39.4 Å². The highest BCUT2D eigenvalue weighted by Crippen LogP contribution is 2.41. The third-order valence-electron chi connectivity index (χ3n) is 5.94. The third kappa shape index (κ3) is 5.10. The van der Waals surface area contributed by atoms with Crippen LogP contribution in [0.5, 0.6) is 0 Å². The van der Waals surface area contributed by atoms with E-state index in [-0.39, 0.29) is 17.5 Å². The number of thiazole rings is 1. The monoisotopic (exact) mass is 492 g/mol. The molecule has 180 valence electrons. The number of fused-ring (bicyclic) bond motifs is 1. The summed E-state index contributed by atoms with van der Waals surface area (Å²) in [5.74, 6) is -0.398. The van der Waals surface area contributed by atoms with Gasteiger partial charge in [-0.2, -0.15) is 13.2 Å². The number of hydrogen-bond donors (Lipinski definition) is 2. The Hall–Kier alpha value is -2.92. The fraction of sp³-hybridized carbons (Fsp3) is 0.435. The van der Waals surface area contributed by atoms with Gasteiger partial charge in [-0.05, 0) is 51.7 Å². The zero-order valence-electron chi connectivity index (χ0n) is 18.5. The van der Waals surface area contributed by atoms with Crippen LogP contribution < -0.4 is 5.32 Å². The number of hydrogen-bond acceptors (Lipinski definition) is 7. The predicted molar refractivity (Wildman–Crippen MR) is 121 cm³/mol. The van der Waals surface area contributed by atoms with Crippen LogP contribution in [0.2, 0.25) is 0 Å². The molecule has 0 unspecified atom stereocenters. The molecule has 2 N–H and O–H groups in total. The van der Waals surface area contributed by atoms with E-state index in [9.17, 15) is 27.9 Å². The van der Waals surface area contributed by atoms with E-state index in [1.165, 1.54) is 11.3 Å². The molecule has 11 heteroatoms. The van der Waals surface area contributed by atoms with Crippen molar-refractivity contribution in [1.82, 2.24) is 15.0 Å². The predicted octanol–water partition coefficient (Wildman–Crippen LogP) is 5.06. The lowest BCUT2D eigenvalue weighted by Crippen LogP contribution is -2.22. The quantitative estimate of drug-likeness (QED) is 0.483. The SMILES string of the molecule is CC(C)(O)c1cc2nc([C@H]3CC[C@H](C=O)CC3)sc2cc1NC(=O)c1cnc(C(F)(F)F)cn1. The van der Waals surface area contributed by atoms with Gasteiger partial charge in [-0.15, -0.1) is 11.3 Å². The molecule has 1 saturated carbocycles.